The van der Waals surface area contributed by atoms with Gasteiger partial charge in [0.1, 0.15) is 0 Å². The highest BCUT2D eigenvalue weighted by atomic mass is 15.1. The highest BCUT2D eigenvalue weighted by molar-refractivity contribution is 5.87. The van der Waals surface area contributed by atoms with E-state index in [9.17, 15) is 0 Å². The summed E-state index contributed by atoms with van der Waals surface area (Å²) >= 11 is 0. The molecule has 0 saturated carbocycles. The Bertz CT molecular complexity index is 577. The second-order valence-electron chi connectivity index (χ2n) is 5.76. The standard InChI is InChI=1S/C18H24N2/c1-19-11-4-5-12-20-13-10-18-16(14-20)9-8-15-6-2-3-7-17(15)18/h2-3,6-9,19H,4-5,10-14H2,1H3. The van der Waals surface area contributed by atoms with Crippen LogP contribution in [-0.2, 0) is 13.0 Å². The van der Waals surface area contributed by atoms with E-state index in [0.717, 1.165) is 13.1 Å². The molecule has 0 aromatic heterocycles. The molecule has 0 saturated heterocycles. The SMILES string of the molecule is CNCCCCN1CCc2c(ccc3ccccc23)C1. The normalized spacial score (nSPS) is 15.4. The predicted molar refractivity (Wildman–Crippen MR) is 86.1 cm³/mol. The van der Waals surface area contributed by atoms with Crippen LogP contribution in [0.15, 0.2) is 36.4 Å². The van der Waals surface area contributed by atoms with E-state index in [0.29, 0.717) is 0 Å². The minimum atomic E-state index is 1.12. The highest BCUT2D eigenvalue weighted by Crippen LogP contribution is 2.27. The van der Waals surface area contributed by atoms with Crippen LogP contribution in [0, 0.1) is 0 Å². The summed E-state index contributed by atoms with van der Waals surface area (Å²) in [5.74, 6) is 0. The Hall–Kier alpha value is -1.38. The van der Waals surface area contributed by atoms with Crippen LogP contribution in [0.4, 0.5) is 0 Å². The average Bonchev–Trinajstić information content (AvgIpc) is 2.51. The van der Waals surface area contributed by atoms with E-state index in [1.54, 1.807) is 5.56 Å². The van der Waals surface area contributed by atoms with Crippen LogP contribution in [0.3, 0.4) is 0 Å². The van der Waals surface area contributed by atoms with Gasteiger partial charge in [-0.15, -0.1) is 0 Å². The molecule has 0 atom stereocenters. The third kappa shape index (κ3) is 2.87. The summed E-state index contributed by atoms with van der Waals surface area (Å²) in [4.78, 5) is 2.60. The zero-order valence-electron chi connectivity index (χ0n) is 12.4. The van der Waals surface area contributed by atoms with Gasteiger partial charge in [-0.05, 0) is 61.3 Å². The number of hydrogen-bond donors (Lipinski definition) is 1. The van der Waals surface area contributed by atoms with Crippen molar-refractivity contribution in [3.05, 3.63) is 47.5 Å². The molecule has 1 heterocycles. The lowest BCUT2D eigenvalue weighted by molar-refractivity contribution is 0.249. The number of benzene rings is 2. The molecule has 1 aliphatic rings. The highest BCUT2D eigenvalue weighted by Gasteiger charge is 2.17. The van der Waals surface area contributed by atoms with Gasteiger partial charge in [0, 0.05) is 13.1 Å². The quantitative estimate of drug-likeness (QED) is 0.838. The fourth-order valence-electron chi connectivity index (χ4n) is 3.24. The van der Waals surface area contributed by atoms with Crippen LogP contribution in [0.5, 0.6) is 0 Å². The minimum Gasteiger partial charge on any atom is -0.320 e. The topological polar surface area (TPSA) is 15.3 Å². The van der Waals surface area contributed by atoms with Gasteiger partial charge >= 0.3 is 0 Å². The molecular weight excluding hydrogens is 244 g/mol. The van der Waals surface area contributed by atoms with Gasteiger partial charge in [0.2, 0.25) is 0 Å². The zero-order chi connectivity index (χ0) is 13.8. The van der Waals surface area contributed by atoms with Crippen LogP contribution in [0.2, 0.25) is 0 Å². The monoisotopic (exact) mass is 268 g/mol. The molecule has 0 amide bonds. The first-order valence-electron chi connectivity index (χ1n) is 7.75. The Labute approximate surface area is 121 Å². The van der Waals surface area contributed by atoms with Gasteiger partial charge in [-0.3, -0.25) is 4.90 Å². The number of fused-ring (bicyclic) bond motifs is 3. The number of unbranched alkanes of at least 4 members (excludes halogenated alkanes) is 1. The Kier molecular flexibility index (Phi) is 4.34. The summed E-state index contributed by atoms with van der Waals surface area (Å²) in [6.45, 7) is 4.70. The van der Waals surface area contributed by atoms with Crippen molar-refractivity contribution in [1.82, 2.24) is 10.2 Å². The summed E-state index contributed by atoms with van der Waals surface area (Å²) in [7, 11) is 2.03. The van der Waals surface area contributed by atoms with E-state index < -0.39 is 0 Å². The summed E-state index contributed by atoms with van der Waals surface area (Å²) in [5.41, 5.74) is 3.11. The third-order valence-electron chi connectivity index (χ3n) is 4.36. The largest absolute Gasteiger partial charge is 0.320 e. The summed E-state index contributed by atoms with van der Waals surface area (Å²) in [6.07, 6.45) is 3.77. The lowest BCUT2D eigenvalue weighted by Crippen LogP contribution is -2.31. The molecule has 2 aromatic carbocycles. The van der Waals surface area contributed by atoms with Gasteiger partial charge in [-0.1, -0.05) is 36.4 Å². The van der Waals surface area contributed by atoms with E-state index in [-0.39, 0.29) is 0 Å². The molecule has 0 fully saturated rings. The van der Waals surface area contributed by atoms with Crippen molar-refractivity contribution in [1.29, 1.82) is 0 Å². The lowest BCUT2D eigenvalue weighted by Gasteiger charge is -2.29. The summed E-state index contributed by atoms with van der Waals surface area (Å²) in [5, 5.41) is 6.06. The van der Waals surface area contributed by atoms with E-state index in [1.807, 2.05) is 7.05 Å². The molecule has 0 unspecified atom stereocenters. The Morgan fingerprint density at radius 1 is 1.10 bits per heavy atom. The molecule has 2 nitrogen and oxygen atoms in total. The maximum atomic E-state index is 3.22. The van der Waals surface area contributed by atoms with Crippen molar-refractivity contribution in [2.45, 2.75) is 25.8 Å². The Balaban J connectivity index is 1.71. The zero-order valence-corrected chi connectivity index (χ0v) is 12.4. The van der Waals surface area contributed by atoms with Gasteiger partial charge in [0.15, 0.2) is 0 Å². The second kappa shape index (κ2) is 6.38. The molecule has 3 rings (SSSR count). The fraction of sp³-hybridized carbons (Fsp3) is 0.444. The van der Waals surface area contributed by atoms with Crippen molar-refractivity contribution >= 4 is 10.8 Å². The molecule has 1 N–H and O–H groups in total. The van der Waals surface area contributed by atoms with Crippen LogP contribution >= 0.6 is 0 Å². The molecule has 0 radical (unpaired) electrons. The Morgan fingerprint density at radius 2 is 2.00 bits per heavy atom. The summed E-state index contributed by atoms with van der Waals surface area (Å²) in [6, 6.07) is 13.4. The first-order chi connectivity index (χ1) is 9.88. The first kappa shape index (κ1) is 13.6. The van der Waals surface area contributed by atoms with Crippen molar-refractivity contribution in [2.75, 3.05) is 26.7 Å². The van der Waals surface area contributed by atoms with Crippen LogP contribution in [-0.4, -0.2) is 31.6 Å². The smallest absolute Gasteiger partial charge is 0.0236 e. The molecule has 0 aliphatic carbocycles. The fourth-order valence-corrected chi connectivity index (χ4v) is 3.24. The molecular formula is C18H24N2. The van der Waals surface area contributed by atoms with Crippen molar-refractivity contribution in [3.63, 3.8) is 0 Å². The molecule has 1 aliphatic heterocycles. The molecule has 2 heteroatoms. The van der Waals surface area contributed by atoms with Gasteiger partial charge in [0.05, 0.1) is 0 Å². The lowest BCUT2D eigenvalue weighted by atomic mass is 9.93. The van der Waals surface area contributed by atoms with Gasteiger partial charge in [0.25, 0.3) is 0 Å². The summed E-state index contributed by atoms with van der Waals surface area (Å²) < 4.78 is 0. The van der Waals surface area contributed by atoms with E-state index in [4.69, 9.17) is 0 Å². The van der Waals surface area contributed by atoms with Crippen LogP contribution in [0.25, 0.3) is 10.8 Å². The molecule has 106 valence electrons. The van der Waals surface area contributed by atoms with Gasteiger partial charge < -0.3 is 5.32 Å². The molecule has 20 heavy (non-hydrogen) atoms. The molecule has 2 aromatic rings. The van der Waals surface area contributed by atoms with Crippen molar-refractivity contribution in [3.8, 4) is 0 Å². The number of nitrogens with one attached hydrogen (secondary N) is 1. The van der Waals surface area contributed by atoms with E-state index >= 15 is 0 Å². The molecule has 0 spiro atoms. The van der Waals surface area contributed by atoms with Crippen molar-refractivity contribution in [2.24, 2.45) is 0 Å². The number of nitrogens with zero attached hydrogens (tertiary/aromatic N) is 1. The van der Waals surface area contributed by atoms with Gasteiger partial charge in [-0.25, -0.2) is 0 Å². The van der Waals surface area contributed by atoms with Crippen LogP contribution in [0.1, 0.15) is 24.0 Å². The number of rotatable bonds is 5. The predicted octanol–water partition coefficient (Wildman–Crippen LogP) is 3.20. The Morgan fingerprint density at radius 3 is 2.90 bits per heavy atom. The maximum absolute atomic E-state index is 3.22. The van der Waals surface area contributed by atoms with E-state index in [1.165, 1.54) is 48.7 Å². The first-order valence-corrected chi connectivity index (χ1v) is 7.75. The average molecular weight is 268 g/mol. The van der Waals surface area contributed by atoms with Gasteiger partial charge in [-0.2, -0.15) is 0 Å². The van der Waals surface area contributed by atoms with E-state index in [2.05, 4.69) is 46.6 Å². The second-order valence-corrected chi connectivity index (χ2v) is 5.76. The molecule has 0 bridgehead atoms. The van der Waals surface area contributed by atoms with Crippen molar-refractivity contribution < 1.29 is 0 Å². The third-order valence-corrected chi connectivity index (χ3v) is 4.36. The maximum Gasteiger partial charge on any atom is 0.0236 e. The number of hydrogen-bond acceptors (Lipinski definition) is 2. The minimum absolute atomic E-state index is 1.12. The van der Waals surface area contributed by atoms with Crippen LogP contribution < -0.4 is 5.32 Å².